The van der Waals surface area contributed by atoms with Gasteiger partial charge >= 0.3 is 5.97 Å². The second-order valence-electron chi connectivity index (χ2n) is 3.67. The minimum atomic E-state index is -0.869. The SMILES string of the molecule is CN(CCCC(=O)O)c1ncc([N+](=O)[O-])cc1Cl. The molecule has 98 valence electrons. The van der Waals surface area contributed by atoms with Crippen molar-refractivity contribution in [3.63, 3.8) is 0 Å². The van der Waals surface area contributed by atoms with Crippen LogP contribution in [0.25, 0.3) is 0 Å². The number of nitrogens with zero attached hydrogens (tertiary/aromatic N) is 3. The lowest BCUT2D eigenvalue weighted by Crippen LogP contribution is -2.20. The number of hydrogen-bond acceptors (Lipinski definition) is 5. The number of hydrogen-bond donors (Lipinski definition) is 1. The molecule has 7 nitrogen and oxygen atoms in total. The third-order valence-electron chi connectivity index (χ3n) is 2.26. The molecule has 8 heteroatoms. The summed E-state index contributed by atoms with van der Waals surface area (Å²) in [6.07, 6.45) is 1.62. The Hall–Kier alpha value is -1.89. The summed E-state index contributed by atoms with van der Waals surface area (Å²) in [4.78, 5) is 25.9. The first kappa shape index (κ1) is 14.2. The number of anilines is 1. The van der Waals surface area contributed by atoms with E-state index in [1.807, 2.05) is 0 Å². The highest BCUT2D eigenvalue weighted by Gasteiger charge is 2.13. The summed E-state index contributed by atoms with van der Waals surface area (Å²) in [6.45, 7) is 0.455. The van der Waals surface area contributed by atoms with Gasteiger partial charge in [-0.1, -0.05) is 11.6 Å². The van der Waals surface area contributed by atoms with E-state index in [0.717, 1.165) is 6.20 Å². The molecule has 1 aromatic heterocycles. The molecule has 1 rings (SSSR count). The average Bonchev–Trinajstić information content (AvgIpc) is 2.27. The molecular formula is C10H12ClN3O4. The summed E-state index contributed by atoms with van der Waals surface area (Å²) in [5, 5.41) is 19.2. The fraction of sp³-hybridized carbons (Fsp3) is 0.400. The van der Waals surface area contributed by atoms with Gasteiger partial charge in [0.05, 0.1) is 9.95 Å². The molecule has 0 aromatic carbocycles. The van der Waals surface area contributed by atoms with Gasteiger partial charge < -0.3 is 10.0 Å². The van der Waals surface area contributed by atoms with Crippen LogP contribution in [0, 0.1) is 10.1 Å². The van der Waals surface area contributed by atoms with Crippen molar-refractivity contribution in [3.05, 3.63) is 27.4 Å². The Morgan fingerprint density at radius 3 is 2.83 bits per heavy atom. The predicted molar refractivity (Wildman–Crippen MR) is 66.0 cm³/mol. The lowest BCUT2D eigenvalue weighted by atomic mass is 10.3. The summed E-state index contributed by atoms with van der Waals surface area (Å²) in [7, 11) is 1.70. The summed E-state index contributed by atoms with van der Waals surface area (Å²) >= 11 is 5.88. The Morgan fingerprint density at radius 1 is 1.67 bits per heavy atom. The highest BCUT2D eigenvalue weighted by Crippen LogP contribution is 2.26. The monoisotopic (exact) mass is 273 g/mol. The molecular weight excluding hydrogens is 262 g/mol. The van der Waals surface area contributed by atoms with E-state index >= 15 is 0 Å². The molecule has 0 atom stereocenters. The van der Waals surface area contributed by atoms with Gasteiger partial charge in [0.1, 0.15) is 12.0 Å². The molecule has 0 aliphatic carbocycles. The average molecular weight is 274 g/mol. The maximum atomic E-state index is 10.5. The van der Waals surface area contributed by atoms with Crippen LogP contribution in [-0.4, -0.2) is 34.6 Å². The number of nitro groups is 1. The lowest BCUT2D eigenvalue weighted by Gasteiger charge is -2.18. The highest BCUT2D eigenvalue weighted by atomic mass is 35.5. The number of pyridine rings is 1. The van der Waals surface area contributed by atoms with Gasteiger partial charge in [-0.05, 0) is 6.42 Å². The minimum Gasteiger partial charge on any atom is -0.481 e. The van der Waals surface area contributed by atoms with Gasteiger partial charge in [0, 0.05) is 26.1 Å². The van der Waals surface area contributed by atoms with Crippen LogP contribution < -0.4 is 4.90 Å². The molecule has 0 saturated heterocycles. The van der Waals surface area contributed by atoms with Gasteiger partial charge in [0.25, 0.3) is 5.69 Å². The molecule has 0 bridgehead atoms. The van der Waals surface area contributed by atoms with Crippen molar-refractivity contribution in [2.45, 2.75) is 12.8 Å². The van der Waals surface area contributed by atoms with Crippen LogP contribution in [-0.2, 0) is 4.79 Å². The zero-order chi connectivity index (χ0) is 13.7. The normalized spacial score (nSPS) is 10.1. The first-order chi connectivity index (χ1) is 8.41. The molecule has 1 N–H and O–H groups in total. The first-order valence-corrected chi connectivity index (χ1v) is 5.52. The quantitative estimate of drug-likeness (QED) is 0.628. The molecule has 1 heterocycles. The van der Waals surface area contributed by atoms with Crippen LogP contribution in [0.4, 0.5) is 11.5 Å². The maximum Gasteiger partial charge on any atom is 0.303 e. The Kier molecular flexibility index (Phi) is 4.85. The molecule has 1 aromatic rings. The van der Waals surface area contributed by atoms with Gasteiger partial charge in [-0.2, -0.15) is 0 Å². The van der Waals surface area contributed by atoms with Crippen molar-refractivity contribution in [3.8, 4) is 0 Å². The molecule has 0 radical (unpaired) electrons. The topological polar surface area (TPSA) is 96.6 Å². The van der Waals surface area contributed by atoms with E-state index in [1.54, 1.807) is 11.9 Å². The number of carboxylic acid groups (broad SMARTS) is 1. The molecule has 18 heavy (non-hydrogen) atoms. The molecule has 0 amide bonds. The second kappa shape index (κ2) is 6.15. The highest BCUT2D eigenvalue weighted by molar-refractivity contribution is 6.33. The van der Waals surface area contributed by atoms with Crippen LogP contribution in [0.1, 0.15) is 12.8 Å². The van der Waals surface area contributed by atoms with Crippen molar-refractivity contribution in [1.82, 2.24) is 4.98 Å². The fourth-order valence-electron chi connectivity index (χ4n) is 1.37. The van der Waals surface area contributed by atoms with Crippen molar-refractivity contribution < 1.29 is 14.8 Å². The number of aromatic nitrogens is 1. The van der Waals surface area contributed by atoms with Gasteiger partial charge in [0.15, 0.2) is 0 Å². The van der Waals surface area contributed by atoms with Crippen LogP contribution in [0.5, 0.6) is 0 Å². The second-order valence-corrected chi connectivity index (χ2v) is 4.08. The Balaban J connectivity index is 2.71. The van der Waals surface area contributed by atoms with Crippen LogP contribution >= 0.6 is 11.6 Å². The Morgan fingerprint density at radius 2 is 2.33 bits per heavy atom. The van der Waals surface area contributed by atoms with E-state index in [-0.39, 0.29) is 17.1 Å². The van der Waals surface area contributed by atoms with E-state index in [9.17, 15) is 14.9 Å². The van der Waals surface area contributed by atoms with Crippen molar-refractivity contribution in [2.75, 3.05) is 18.5 Å². The van der Waals surface area contributed by atoms with Gasteiger partial charge in [-0.3, -0.25) is 14.9 Å². The molecule has 0 aliphatic heterocycles. The number of rotatable bonds is 6. The number of aliphatic carboxylic acids is 1. The number of halogens is 1. The third kappa shape index (κ3) is 3.85. The fourth-order valence-corrected chi connectivity index (χ4v) is 1.68. The van der Waals surface area contributed by atoms with Crippen LogP contribution in [0.15, 0.2) is 12.3 Å². The smallest absolute Gasteiger partial charge is 0.303 e. The maximum absolute atomic E-state index is 10.5. The summed E-state index contributed by atoms with van der Waals surface area (Å²) in [5.41, 5.74) is -0.178. The zero-order valence-corrected chi connectivity index (χ0v) is 10.4. The first-order valence-electron chi connectivity index (χ1n) is 5.14. The standard InChI is InChI=1S/C10H12ClN3O4/c1-13(4-2-3-9(15)16)10-8(11)5-7(6-12-10)14(17)18/h5-6H,2-4H2,1H3,(H,15,16). The predicted octanol–water partition coefficient (Wildman–Crippen LogP) is 1.94. The van der Waals surface area contributed by atoms with E-state index in [2.05, 4.69) is 4.98 Å². The molecule has 0 unspecified atom stereocenters. The summed E-state index contributed by atoms with van der Waals surface area (Å²) in [5.74, 6) is -0.473. The zero-order valence-electron chi connectivity index (χ0n) is 9.67. The summed E-state index contributed by atoms with van der Waals surface area (Å²) < 4.78 is 0. The Labute approximate surface area is 108 Å². The van der Waals surface area contributed by atoms with Crippen molar-refractivity contribution in [1.29, 1.82) is 0 Å². The van der Waals surface area contributed by atoms with E-state index < -0.39 is 10.9 Å². The lowest BCUT2D eigenvalue weighted by molar-refractivity contribution is -0.385. The Bertz CT molecular complexity index is 466. The van der Waals surface area contributed by atoms with E-state index in [4.69, 9.17) is 16.7 Å². The molecule has 0 aliphatic rings. The van der Waals surface area contributed by atoms with Gasteiger partial charge in [0.2, 0.25) is 0 Å². The molecule has 0 fully saturated rings. The number of carbonyl (C=O) groups is 1. The van der Waals surface area contributed by atoms with E-state index in [1.165, 1.54) is 6.07 Å². The number of carboxylic acids is 1. The van der Waals surface area contributed by atoms with Crippen molar-refractivity contribution in [2.24, 2.45) is 0 Å². The van der Waals surface area contributed by atoms with E-state index in [0.29, 0.717) is 18.8 Å². The summed E-state index contributed by atoms with van der Waals surface area (Å²) in [6, 6.07) is 1.22. The van der Waals surface area contributed by atoms with Crippen LogP contribution in [0.2, 0.25) is 5.02 Å². The third-order valence-corrected chi connectivity index (χ3v) is 2.54. The van der Waals surface area contributed by atoms with Crippen molar-refractivity contribution >= 4 is 29.1 Å². The minimum absolute atomic E-state index is 0.0505. The van der Waals surface area contributed by atoms with Crippen LogP contribution in [0.3, 0.4) is 0 Å². The van der Waals surface area contributed by atoms with Gasteiger partial charge in [-0.25, -0.2) is 4.98 Å². The molecule has 0 spiro atoms. The molecule has 0 saturated carbocycles. The largest absolute Gasteiger partial charge is 0.481 e. The van der Waals surface area contributed by atoms with Gasteiger partial charge in [-0.15, -0.1) is 0 Å².